The molecule has 0 rings (SSSR count). The van der Waals surface area contributed by atoms with Gasteiger partial charge in [0.05, 0.1) is 0 Å². The van der Waals surface area contributed by atoms with Crippen molar-refractivity contribution in [3.63, 3.8) is 0 Å². The highest BCUT2D eigenvalue weighted by Gasteiger charge is 2.04. The summed E-state index contributed by atoms with van der Waals surface area (Å²) in [5, 5.41) is 0. The molecular weight excluding hydrogens is 130 g/mol. The summed E-state index contributed by atoms with van der Waals surface area (Å²) in [5.74, 6) is -0.449. The molecule has 0 radical (unpaired) electrons. The minimum Gasteiger partial charge on any atom is -0.286 e. The monoisotopic (exact) mass is 147 g/mol. The fraction of sp³-hybridized carbons (Fsp3) is 0.714. The van der Waals surface area contributed by atoms with E-state index in [1.165, 1.54) is 20.9 Å². The molecule has 0 aliphatic rings. The summed E-state index contributed by atoms with van der Waals surface area (Å²) in [6.45, 7) is 2.70. The Balaban J connectivity index is -0.000000245. The summed E-state index contributed by atoms with van der Waals surface area (Å²) >= 11 is 0. The highest BCUT2D eigenvalue weighted by molar-refractivity contribution is 5.92. The zero-order valence-corrected chi connectivity index (χ0v) is 5.26. The van der Waals surface area contributed by atoms with Crippen molar-refractivity contribution in [1.82, 2.24) is 4.90 Å². The lowest BCUT2D eigenvalue weighted by atomic mass is 10.5. The van der Waals surface area contributed by atoms with Crippen LogP contribution in [0.25, 0.3) is 0 Å². The molecule has 0 aromatic heterocycles. The predicted octanol–water partition coefficient (Wildman–Crippen LogP) is 1.28. The Kier molecular flexibility index (Phi) is 10.1. The van der Waals surface area contributed by atoms with Crippen LogP contribution in [0, 0.1) is 0 Å². The molecule has 2 amide bonds. The van der Waals surface area contributed by atoms with Gasteiger partial charge in [-0.05, 0) is 0 Å². The summed E-state index contributed by atoms with van der Waals surface area (Å²) in [6, 6.07) is 0. The number of carbonyl (C=O) groups excluding carboxylic acids is 2. The Hall–Kier alpha value is -0.860. The Morgan fingerprint density at radius 2 is 1.20 bits per heavy atom. The normalized spacial score (nSPS) is 6.70. The molecule has 0 aromatic carbocycles. The molecule has 0 saturated carbocycles. The Bertz CT molecular complexity index is 107. The predicted molar refractivity (Wildman–Crippen MR) is 42.6 cm³/mol. The van der Waals surface area contributed by atoms with Crippen LogP contribution in [-0.2, 0) is 9.59 Å². The number of hydrogen-bond acceptors (Lipinski definition) is 2. The second-order valence-corrected chi connectivity index (χ2v) is 1.60. The Morgan fingerprint density at radius 3 is 1.20 bits per heavy atom. The molecule has 3 heteroatoms. The molecular formula is C7H17NO2. The van der Waals surface area contributed by atoms with E-state index in [1.54, 1.807) is 0 Å². The molecule has 0 heterocycles. The molecule has 0 aliphatic carbocycles. The summed E-state index contributed by atoms with van der Waals surface area (Å²) < 4.78 is 0. The number of carbonyl (C=O) groups is 2. The van der Waals surface area contributed by atoms with Gasteiger partial charge < -0.3 is 0 Å². The quantitative estimate of drug-likeness (QED) is 0.517. The maximum absolute atomic E-state index is 10.3. The van der Waals surface area contributed by atoms with Crippen LogP contribution in [0.3, 0.4) is 0 Å². The average molecular weight is 147 g/mol. The molecule has 62 valence electrons. The molecule has 0 aliphatic heterocycles. The molecule has 0 fully saturated rings. The lowest BCUT2D eigenvalue weighted by Crippen LogP contribution is -2.28. The van der Waals surface area contributed by atoms with E-state index in [-0.39, 0.29) is 26.7 Å². The molecule has 0 aromatic rings. The first-order valence-corrected chi connectivity index (χ1v) is 2.30. The summed E-state index contributed by atoms with van der Waals surface area (Å²) in [6.07, 6.45) is 0. The fourth-order valence-corrected chi connectivity index (χ4v) is 0.222. The zero-order valence-electron chi connectivity index (χ0n) is 5.26. The smallest absolute Gasteiger partial charge is 0.225 e. The minimum atomic E-state index is -0.225. The fourth-order valence-electron chi connectivity index (χ4n) is 0.222. The van der Waals surface area contributed by atoms with Crippen molar-refractivity contribution in [3.05, 3.63) is 0 Å². The maximum Gasteiger partial charge on any atom is 0.225 e. The molecule has 3 nitrogen and oxygen atoms in total. The van der Waals surface area contributed by atoms with E-state index in [4.69, 9.17) is 0 Å². The number of amides is 2. The molecule has 10 heavy (non-hydrogen) atoms. The molecule has 0 atom stereocenters. The molecule has 0 bridgehead atoms. The maximum atomic E-state index is 10.3. The van der Waals surface area contributed by atoms with Gasteiger partial charge in [-0.1, -0.05) is 14.9 Å². The molecule has 0 saturated heterocycles. The third-order valence-electron chi connectivity index (χ3n) is 0.945. The van der Waals surface area contributed by atoms with E-state index in [2.05, 4.69) is 0 Å². The second-order valence-electron chi connectivity index (χ2n) is 1.60. The first kappa shape index (κ1) is 16.1. The molecule has 0 unspecified atom stereocenters. The van der Waals surface area contributed by atoms with E-state index >= 15 is 0 Å². The van der Waals surface area contributed by atoms with E-state index in [1.807, 2.05) is 0 Å². The lowest BCUT2D eigenvalue weighted by Gasteiger charge is -2.07. The van der Waals surface area contributed by atoms with Gasteiger partial charge in [-0.3, -0.25) is 14.5 Å². The largest absolute Gasteiger partial charge is 0.286 e. The second kappa shape index (κ2) is 6.26. The van der Waals surface area contributed by atoms with Crippen LogP contribution in [0.4, 0.5) is 0 Å². The van der Waals surface area contributed by atoms with Gasteiger partial charge >= 0.3 is 0 Å². The van der Waals surface area contributed by atoms with Crippen LogP contribution in [-0.4, -0.2) is 23.8 Å². The van der Waals surface area contributed by atoms with Crippen molar-refractivity contribution < 1.29 is 9.59 Å². The Labute approximate surface area is 63.0 Å². The highest BCUT2D eigenvalue weighted by atomic mass is 16.2. The zero-order chi connectivity index (χ0) is 6.73. The van der Waals surface area contributed by atoms with E-state index in [9.17, 15) is 9.59 Å². The van der Waals surface area contributed by atoms with Crippen LogP contribution in [0.1, 0.15) is 28.7 Å². The van der Waals surface area contributed by atoms with Gasteiger partial charge in [0.15, 0.2) is 0 Å². The SMILES string of the molecule is C.C.CC(=O)N(C)C(C)=O. The first-order chi connectivity index (χ1) is 3.55. The van der Waals surface area contributed by atoms with Gasteiger partial charge in [-0.15, -0.1) is 0 Å². The van der Waals surface area contributed by atoms with E-state index < -0.39 is 0 Å². The van der Waals surface area contributed by atoms with Crippen molar-refractivity contribution in [2.45, 2.75) is 28.7 Å². The van der Waals surface area contributed by atoms with E-state index in [0.717, 1.165) is 4.90 Å². The van der Waals surface area contributed by atoms with Gasteiger partial charge in [0, 0.05) is 20.9 Å². The minimum absolute atomic E-state index is 0. The first-order valence-electron chi connectivity index (χ1n) is 2.30. The van der Waals surface area contributed by atoms with Crippen LogP contribution in [0.15, 0.2) is 0 Å². The lowest BCUT2D eigenvalue weighted by molar-refractivity contribution is -0.140. The van der Waals surface area contributed by atoms with Crippen LogP contribution in [0.5, 0.6) is 0 Å². The summed E-state index contributed by atoms with van der Waals surface area (Å²) in [5.41, 5.74) is 0. The third kappa shape index (κ3) is 5.28. The van der Waals surface area contributed by atoms with Crippen molar-refractivity contribution in [2.75, 3.05) is 7.05 Å². The molecule has 0 N–H and O–H groups in total. The van der Waals surface area contributed by atoms with Gasteiger partial charge in [-0.25, -0.2) is 0 Å². The van der Waals surface area contributed by atoms with Gasteiger partial charge in [0.1, 0.15) is 0 Å². The third-order valence-corrected chi connectivity index (χ3v) is 0.945. The van der Waals surface area contributed by atoms with Gasteiger partial charge in [-0.2, -0.15) is 0 Å². The van der Waals surface area contributed by atoms with Crippen LogP contribution < -0.4 is 0 Å². The van der Waals surface area contributed by atoms with Crippen molar-refractivity contribution >= 4 is 11.8 Å². The number of imide groups is 1. The molecule has 0 spiro atoms. The van der Waals surface area contributed by atoms with Crippen molar-refractivity contribution in [3.8, 4) is 0 Å². The van der Waals surface area contributed by atoms with Crippen LogP contribution in [0.2, 0.25) is 0 Å². The summed E-state index contributed by atoms with van der Waals surface area (Å²) in [7, 11) is 1.45. The number of hydrogen-bond donors (Lipinski definition) is 0. The van der Waals surface area contributed by atoms with Crippen LogP contribution >= 0.6 is 0 Å². The van der Waals surface area contributed by atoms with Crippen molar-refractivity contribution in [1.29, 1.82) is 0 Å². The van der Waals surface area contributed by atoms with Gasteiger partial charge in [0.25, 0.3) is 0 Å². The summed E-state index contributed by atoms with van der Waals surface area (Å²) in [4.78, 5) is 21.6. The topological polar surface area (TPSA) is 37.4 Å². The van der Waals surface area contributed by atoms with Gasteiger partial charge in [0.2, 0.25) is 11.8 Å². The van der Waals surface area contributed by atoms with E-state index in [0.29, 0.717) is 0 Å². The Morgan fingerprint density at radius 1 is 1.00 bits per heavy atom. The van der Waals surface area contributed by atoms with Crippen molar-refractivity contribution in [2.24, 2.45) is 0 Å². The number of rotatable bonds is 0. The number of nitrogens with zero attached hydrogens (tertiary/aromatic N) is 1. The average Bonchev–Trinajstić information content (AvgIpc) is 1.64. The highest BCUT2D eigenvalue weighted by Crippen LogP contribution is 1.81. The standard InChI is InChI=1S/C5H9NO2.2CH4/c1-4(7)6(3)5(2)8;;/h1-3H3;2*1H4.